The van der Waals surface area contributed by atoms with Gasteiger partial charge in [0.05, 0.1) is 13.2 Å². The average Bonchev–Trinajstić information content (AvgIpc) is 2.68. The Morgan fingerprint density at radius 2 is 1.88 bits per heavy atom. The lowest BCUT2D eigenvalue weighted by molar-refractivity contribution is 0.111. The molecule has 1 aromatic rings. The van der Waals surface area contributed by atoms with E-state index in [-0.39, 0.29) is 0 Å². The largest absolute Gasteiger partial charge is 0.383 e. The summed E-state index contributed by atoms with van der Waals surface area (Å²) >= 11 is 5.33. The van der Waals surface area contributed by atoms with E-state index in [9.17, 15) is 0 Å². The first-order chi connectivity index (χ1) is 7.77. The van der Waals surface area contributed by atoms with E-state index in [1.54, 1.807) is 25.6 Å². The smallest absolute Gasteiger partial charge is 0.0589 e. The minimum Gasteiger partial charge on any atom is -0.383 e. The first-order valence-corrected chi connectivity index (χ1v) is 6.87. The maximum absolute atomic E-state index is 5.11. The summed E-state index contributed by atoms with van der Waals surface area (Å²) in [5.74, 6) is 0. The number of hydrogen-bond acceptors (Lipinski definition) is 4. The molecule has 3 nitrogen and oxygen atoms in total. The van der Waals surface area contributed by atoms with E-state index in [4.69, 9.17) is 9.47 Å². The molecule has 1 rings (SSSR count). The molecule has 0 aliphatic heterocycles. The molecule has 0 fully saturated rings. The van der Waals surface area contributed by atoms with E-state index < -0.39 is 0 Å². The molecule has 1 aromatic heterocycles. The van der Waals surface area contributed by atoms with Gasteiger partial charge in [-0.2, -0.15) is 0 Å². The molecule has 1 heterocycles. The van der Waals surface area contributed by atoms with Gasteiger partial charge < -0.3 is 9.47 Å². The summed E-state index contributed by atoms with van der Waals surface area (Å²) in [6, 6.07) is 2.09. The number of ether oxygens (including phenoxy) is 2. The van der Waals surface area contributed by atoms with Crippen LogP contribution in [0.15, 0.2) is 15.9 Å². The molecule has 0 N–H and O–H groups in total. The Kier molecular flexibility index (Phi) is 7.23. The Balaban J connectivity index is 2.45. The Morgan fingerprint density at radius 1 is 1.25 bits per heavy atom. The molecule has 92 valence electrons. The third kappa shape index (κ3) is 4.93. The predicted octanol–water partition coefficient (Wildman–Crippen LogP) is 2.61. The van der Waals surface area contributed by atoms with Gasteiger partial charge in [-0.05, 0) is 27.4 Å². The zero-order valence-electron chi connectivity index (χ0n) is 9.74. The van der Waals surface area contributed by atoms with Crippen molar-refractivity contribution < 1.29 is 9.47 Å². The summed E-state index contributed by atoms with van der Waals surface area (Å²) in [7, 11) is 3.46. The molecule has 0 unspecified atom stereocenters. The summed E-state index contributed by atoms with van der Waals surface area (Å²) < 4.78 is 11.4. The normalized spacial score (nSPS) is 11.2. The first-order valence-electron chi connectivity index (χ1n) is 5.20. The third-order valence-corrected chi connectivity index (χ3v) is 4.19. The fraction of sp³-hybridized carbons (Fsp3) is 0.636. The van der Waals surface area contributed by atoms with Gasteiger partial charge in [-0.15, -0.1) is 11.3 Å². The van der Waals surface area contributed by atoms with E-state index in [1.165, 1.54) is 9.35 Å². The molecule has 0 aliphatic rings. The molecule has 0 saturated heterocycles. The number of nitrogens with zero attached hydrogens (tertiary/aromatic N) is 1. The highest BCUT2D eigenvalue weighted by molar-refractivity contribution is 9.10. The van der Waals surface area contributed by atoms with Gasteiger partial charge in [0.15, 0.2) is 0 Å². The molecule has 0 aliphatic carbocycles. The van der Waals surface area contributed by atoms with Gasteiger partial charge in [-0.1, -0.05) is 0 Å². The second-order valence-corrected chi connectivity index (χ2v) is 5.31. The van der Waals surface area contributed by atoms with Gasteiger partial charge in [0.1, 0.15) is 0 Å². The van der Waals surface area contributed by atoms with Crippen molar-refractivity contribution in [3.63, 3.8) is 0 Å². The maximum atomic E-state index is 5.11. The molecule has 0 radical (unpaired) electrons. The number of halogens is 1. The summed E-state index contributed by atoms with van der Waals surface area (Å²) in [5, 5.41) is 2.10. The van der Waals surface area contributed by atoms with Crippen molar-refractivity contribution in [2.75, 3.05) is 40.5 Å². The molecule has 0 amide bonds. The topological polar surface area (TPSA) is 21.7 Å². The molecule has 0 aromatic carbocycles. The van der Waals surface area contributed by atoms with Gasteiger partial charge in [0.25, 0.3) is 0 Å². The van der Waals surface area contributed by atoms with Crippen LogP contribution < -0.4 is 0 Å². The minimum absolute atomic E-state index is 0.757. The Hall–Kier alpha value is 0.0600. The number of rotatable bonds is 8. The maximum Gasteiger partial charge on any atom is 0.0589 e. The number of methoxy groups -OCH3 is 2. The van der Waals surface area contributed by atoms with Crippen molar-refractivity contribution in [1.29, 1.82) is 0 Å². The zero-order valence-corrected chi connectivity index (χ0v) is 12.1. The third-order valence-electron chi connectivity index (χ3n) is 2.28. The Morgan fingerprint density at radius 3 is 2.31 bits per heavy atom. The van der Waals surface area contributed by atoms with Gasteiger partial charge in [-0.3, -0.25) is 4.90 Å². The van der Waals surface area contributed by atoms with Gasteiger partial charge in [0.2, 0.25) is 0 Å². The quantitative estimate of drug-likeness (QED) is 0.737. The van der Waals surface area contributed by atoms with Crippen LogP contribution in [0.4, 0.5) is 0 Å². The summed E-state index contributed by atoms with van der Waals surface area (Å²) in [6.07, 6.45) is 0. The molecule has 0 saturated carbocycles. The molecule has 0 atom stereocenters. The standard InChI is InChI=1S/C11H18BrNO2S/c1-14-6-4-13(5-7-15-2)9-11-10(12)3-8-16-11/h3,8H,4-7,9H2,1-2H3. The Bertz CT molecular complexity index is 285. The zero-order chi connectivity index (χ0) is 11.8. The van der Waals surface area contributed by atoms with E-state index in [2.05, 4.69) is 32.3 Å². The number of thiophene rings is 1. The second-order valence-electron chi connectivity index (χ2n) is 3.45. The minimum atomic E-state index is 0.757. The monoisotopic (exact) mass is 307 g/mol. The van der Waals surface area contributed by atoms with Crippen LogP contribution >= 0.6 is 27.3 Å². The van der Waals surface area contributed by atoms with Gasteiger partial charge in [0, 0.05) is 43.2 Å². The highest BCUT2D eigenvalue weighted by Crippen LogP contribution is 2.23. The number of hydrogen-bond donors (Lipinski definition) is 0. The highest BCUT2D eigenvalue weighted by Gasteiger charge is 2.09. The average molecular weight is 308 g/mol. The van der Waals surface area contributed by atoms with Crippen LogP contribution in [0.3, 0.4) is 0 Å². The molecule has 5 heteroatoms. The van der Waals surface area contributed by atoms with Crippen molar-refractivity contribution in [3.05, 3.63) is 20.8 Å². The SMILES string of the molecule is COCCN(CCOC)Cc1sccc1Br. The van der Waals surface area contributed by atoms with Crippen molar-refractivity contribution in [2.45, 2.75) is 6.54 Å². The van der Waals surface area contributed by atoms with Crippen molar-refractivity contribution in [3.8, 4) is 0 Å². The van der Waals surface area contributed by atoms with E-state index in [0.29, 0.717) is 0 Å². The van der Waals surface area contributed by atoms with Crippen molar-refractivity contribution >= 4 is 27.3 Å². The Labute approximate surface area is 109 Å². The second kappa shape index (κ2) is 8.20. The van der Waals surface area contributed by atoms with Crippen LogP contribution in [0.2, 0.25) is 0 Å². The van der Waals surface area contributed by atoms with Crippen LogP contribution in [0.5, 0.6) is 0 Å². The summed E-state index contributed by atoms with van der Waals surface area (Å²) in [5.41, 5.74) is 0. The molecule has 0 spiro atoms. The van der Waals surface area contributed by atoms with Crippen LogP contribution in [-0.2, 0) is 16.0 Å². The molecular weight excluding hydrogens is 290 g/mol. The fourth-order valence-corrected chi connectivity index (χ4v) is 2.87. The van der Waals surface area contributed by atoms with Crippen LogP contribution in [-0.4, -0.2) is 45.4 Å². The van der Waals surface area contributed by atoms with E-state index in [0.717, 1.165) is 32.8 Å². The van der Waals surface area contributed by atoms with E-state index in [1.807, 2.05) is 0 Å². The lowest BCUT2D eigenvalue weighted by Crippen LogP contribution is -2.30. The van der Waals surface area contributed by atoms with Gasteiger partial charge >= 0.3 is 0 Å². The molecule has 0 bridgehead atoms. The van der Waals surface area contributed by atoms with E-state index >= 15 is 0 Å². The van der Waals surface area contributed by atoms with Crippen LogP contribution in [0.1, 0.15) is 4.88 Å². The lowest BCUT2D eigenvalue weighted by atomic mass is 10.4. The highest BCUT2D eigenvalue weighted by atomic mass is 79.9. The molecular formula is C11H18BrNO2S. The summed E-state index contributed by atoms with van der Waals surface area (Å²) in [4.78, 5) is 3.69. The molecule has 16 heavy (non-hydrogen) atoms. The summed E-state index contributed by atoms with van der Waals surface area (Å²) in [6.45, 7) is 4.33. The first kappa shape index (κ1) is 14.1. The fourth-order valence-electron chi connectivity index (χ4n) is 1.35. The lowest BCUT2D eigenvalue weighted by Gasteiger charge is -2.21. The van der Waals surface area contributed by atoms with Crippen LogP contribution in [0.25, 0.3) is 0 Å². The van der Waals surface area contributed by atoms with Crippen LogP contribution in [0, 0.1) is 0 Å². The van der Waals surface area contributed by atoms with Gasteiger partial charge in [-0.25, -0.2) is 0 Å². The van der Waals surface area contributed by atoms with Crippen molar-refractivity contribution in [2.24, 2.45) is 0 Å². The predicted molar refractivity (Wildman–Crippen MR) is 71.0 cm³/mol. The van der Waals surface area contributed by atoms with Crippen molar-refractivity contribution in [1.82, 2.24) is 4.90 Å².